The number of methoxy groups -OCH3 is 2. The Morgan fingerprint density at radius 3 is 1.47 bits per heavy atom. The number of carboxylic acid groups (broad SMARTS) is 1. The van der Waals surface area contributed by atoms with Crippen LogP contribution in [0.15, 0.2) is 36.4 Å². The highest BCUT2D eigenvalue weighted by Crippen LogP contribution is 2.60. The van der Waals surface area contributed by atoms with Gasteiger partial charge in [-0.1, -0.05) is 94.9 Å². The van der Waals surface area contributed by atoms with E-state index in [4.69, 9.17) is 48.4 Å². The normalized spacial score (nSPS) is 29.7. The lowest BCUT2D eigenvalue weighted by atomic mass is 9.77. The van der Waals surface area contributed by atoms with Crippen molar-refractivity contribution in [1.29, 1.82) is 0 Å². The molecule has 6 heterocycles. The predicted octanol–water partition coefficient (Wildman–Crippen LogP) is 12.0. The molecule has 26 heteroatoms. The minimum atomic E-state index is -4.21. The number of benzene rings is 2. The summed E-state index contributed by atoms with van der Waals surface area (Å²) in [6.07, 6.45) is 5.60. The molecule has 4 saturated carbocycles. The molecule has 2 aromatic heterocycles. The fourth-order valence-corrected chi connectivity index (χ4v) is 17.5. The second-order valence-corrected chi connectivity index (χ2v) is 36.3. The zero-order chi connectivity index (χ0) is 75.3. The average Bonchev–Trinajstić information content (AvgIpc) is 1.56. The molecular formula is C78H107F2N7O16S. The molecule has 2 aromatic carbocycles. The molecule has 3 amide bonds. The summed E-state index contributed by atoms with van der Waals surface area (Å²) in [5, 5.41) is 10.5. The number of ether oxygens (including phenoxy) is 6. The number of nitrogens with zero attached hydrogens (tertiary/aromatic N) is 6. The van der Waals surface area contributed by atoms with Gasteiger partial charge in [-0.25, -0.2) is 41.9 Å². The summed E-state index contributed by atoms with van der Waals surface area (Å²) in [5.41, 5.74) is 0.515. The molecule has 8 aliphatic rings. The largest absolute Gasteiger partial charge is 0.497 e. The first-order valence-electron chi connectivity index (χ1n) is 37.6. The van der Waals surface area contributed by atoms with Gasteiger partial charge < -0.3 is 43.3 Å². The number of amides is 3. The molecule has 23 nitrogen and oxygen atoms in total. The van der Waals surface area contributed by atoms with Gasteiger partial charge in [0.25, 0.3) is 0 Å². The maximum atomic E-state index is 15.1. The molecule has 104 heavy (non-hydrogen) atoms. The predicted molar refractivity (Wildman–Crippen MR) is 382 cm³/mol. The van der Waals surface area contributed by atoms with Crippen molar-refractivity contribution in [2.75, 3.05) is 27.3 Å². The standard InChI is InChI=1S/C44H60F2N4O9S.C34H47N3O7/c1-24(2)17-27-35-23-50(37(27)33(51)22-44(21-29(44)38(45)46)41(54)49-60(55,56)43(6)15-16-43)40(53)28(42(3,4)5)20-36(52)58-34-18-25(34)11-9-8-10-12-31-39(59-35)48-32-19-26(57-7)13-14-30(32)47-31;1-19(2)14-22-28-18-37(30(22)33(40)41)32(39)23(34(3,4)5)17-29(38)43-27-15-20(27)10-8-7-9-11-25-31(44-28)36-26-16-21(42-6)12-13-24(26)35-25/h13-14,19,24-25,27-29,34-35,37-38H,8-12,15-18,20-23H2,1-7H3,(H,49,54);12-13,16,19-20,22-23,27-28,30H,7-11,14-15,17-18H2,1-6H3,(H,40,41)/t25-,27-,28-,29+,34-,35+,37+,44-;20-,22-,23-,27-,28+,30+/m11/s1. The van der Waals surface area contributed by atoms with Gasteiger partial charge in [0.1, 0.15) is 53.3 Å². The van der Waals surface area contributed by atoms with E-state index >= 15 is 9.59 Å². The Morgan fingerprint density at radius 1 is 0.635 bits per heavy atom. The Morgan fingerprint density at radius 2 is 1.08 bits per heavy atom. The lowest BCUT2D eigenvalue weighted by molar-refractivity contribution is -0.157. The smallest absolute Gasteiger partial charge is 0.326 e. The van der Waals surface area contributed by atoms with Crippen LogP contribution in [0.2, 0.25) is 0 Å². The first-order chi connectivity index (χ1) is 49.0. The van der Waals surface area contributed by atoms with E-state index in [1.807, 2.05) is 93.5 Å². The van der Waals surface area contributed by atoms with Crippen LogP contribution < -0.4 is 23.7 Å². The molecule has 14 atom stereocenters. The van der Waals surface area contributed by atoms with E-state index in [9.17, 15) is 46.3 Å². The van der Waals surface area contributed by atoms with Crippen molar-refractivity contribution in [2.45, 2.75) is 252 Å². The number of rotatable bonds is 14. The van der Waals surface area contributed by atoms with E-state index in [-0.39, 0.29) is 74.1 Å². The first-order valence-corrected chi connectivity index (χ1v) is 39.1. The quantitative estimate of drug-likeness (QED) is 0.111. The van der Waals surface area contributed by atoms with Gasteiger partial charge in [0.05, 0.1) is 90.3 Å². The third-order valence-electron chi connectivity index (χ3n) is 23.1. The molecule has 0 unspecified atom stereocenters. The summed E-state index contributed by atoms with van der Waals surface area (Å²) in [4.78, 5) is 120. The summed E-state index contributed by atoms with van der Waals surface area (Å²) in [6.45, 7) is 20.7. The van der Waals surface area contributed by atoms with Gasteiger partial charge in [-0.2, -0.15) is 0 Å². The van der Waals surface area contributed by atoms with Crippen molar-refractivity contribution in [3.8, 4) is 23.3 Å². The maximum absolute atomic E-state index is 15.1. The Hall–Kier alpha value is -7.38. The fraction of sp³-hybridized carbons (Fsp3) is 0.705. The number of aliphatic carboxylic acids is 1. The van der Waals surface area contributed by atoms with Gasteiger partial charge in [0, 0.05) is 36.3 Å². The van der Waals surface area contributed by atoms with E-state index in [1.165, 1.54) is 16.7 Å². The second-order valence-electron chi connectivity index (χ2n) is 34.1. The summed E-state index contributed by atoms with van der Waals surface area (Å²) < 4.78 is 92.3. The molecule has 4 aliphatic heterocycles. The van der Waals surface area contributed by atoms with Crippen molar-refractivity contribution in [2.24, 2.45) is 69.5 Å². The number of alkyl halides is 2. The number of aromatic nitrogens is 4. The third-order valence-corrected chi connectivity index (χ3v) is 25.2. The topological polar surface area (TPSA) is 299 Å². The van der Waals surface area contributed by atoms with Crippen molar-refractivity contribution >= 4 is 73.5 Å². The minimum Gasteiger partial charge on any atom is -0.497 e. The van der Waals surface area contributed by atoms with Crippen LogP contribution in [0, 0.1) is 69.5 Å². The van der Waals surface area contributed by atoms with Gasteiger partial charge >= 0.3 is 17.9 Å². The highest BCUT2D eigenvalue weighted by atomic mass is 32.2. The lowest BCUT2D eigenvalue weighted by Crippen LogP contribution is -2.50. The second kappa shape index (κ2) is 30.8. The Labute approximate surface area is 609 Å². The van der Waals surface area contributed by atoms with Crippen molar-refractivity contribution in [3.05, 3.63) is 47.8 Å². The number of esters is 2. The molecule has 0 spiro atoms. The molecule has 2 saturated heterocycles. The highest BCUT2D eigenvalue weighted by Gasteiger charge is 2.67. The summed E-state index contributed by atoms with van der Waals surface area (Å²) in [5.74, 6) is -6.43. The summed E-state index contributed by atoms with van der Waals surface area (Å²) in [7, 11) is -1.06. The number of fused-ring (bicyclic) bond motifs is 10. The molecule has 0 radical (unpaired) electrons. The van der Waals surface area contributed by atoms with Crippen LogP contribution in [-0.4, -0.2) is 160 Å². The highest BCUT2D eigenvalue weighted by molar-refractivity contribution is 7.91. The molecule has 6 fully saturated rings. The number of sulfonamides is 1. The van der Waals surface area contributed by atoms with Gasteiger partial charge in [0.2, 0.25) is 45.9 Å². The zero-order valence-corrected chi connectivity index (χ0v) is 63.5. The van der Waals surface area contributed by atoms with E-state index in [1.54, 1.807) is 26.4 Å². The van der Waals surface area contributed by atoms with Crippen LogP contribution in [-0.2, 0) is 65.9 Å². The van der Waals surface area contributed by atoms with Crippen LogP contribution in [0.4, 0.5) is 8.78 Å². The number of carbonyl (C=O) groups excluding carboxylic acids is 6. The number of Topliss-reactive ketones (excluding diaryl/α,β-unsaturated/α-hetero) is 1. The van der Waals surface area contributed by atoms with Gasteiger partial charge in [0.15, 0.2) is 5.78 Å². The third kappa shape index (κ3) is 17.5. The number of hydrogen-bond donors (Lipinski definition) is 2. The number of carbonyl (C=O) groups is 7. The summed E-state index contributed by atoms with van der Waals surface area (Å²) >= 11 is 0. The van der Waals surface area contributed by atoms with Crippen molar-refractivity contribution in [1.82, 2.24) is 34.5 Å². The molecule has 4 aliphatic carbocycles. The van der Waals surface area contributed by atoms with Crippen LogP contribution in [0.1, 0.15) is 203 Å². The fourth-order valence-electron chi connectivity index (χ4n) is 16.2. The number of carboxylic acids is 1. The van der Waals surface area contributed by atoms with Gasteiger partial charge in [-0.05, 0) is 149 Å². The SMILES string of the molecule is COc1ccc2nc3c(nc2c1)O[C@H]1CN(C(=O)[C@H](C(C)(C)C)CC(=O)O[C@@H]2C[C@H]2CCCCC3)[C@H](C(=O)C[C@]2(C(=O)NS(=O)(=O)C3(C)CC3)C[C@H]2C(F)F)[C@@H]1CC(C)C.COc1ccc2nc3c(nc2c1)O[C@H]1CN(C(=O)[C@H](C(C)(C)C)CC(=O)O[C@@H]2C[C@H]2CCCCC3)[C@H](C(=O)O)[C@@H]1CC(C)C. The maximum Gasteiger partial charge on any atom is 0.326 e. The number of aryl methyl sites for hydroxylation is 2. The van der Waals surface area contributed by atoms with Crippen LogP contribution in [0.5, 0.6) is 23.3 Å². The molecule has 570 valence electrons. The molecule has 2 N–H and O–H groups in total. The van der Waals surface area contributed by atoms with Crippen molar-refractivity contribution < 1.29 is 84.3 Å². The number of halogens is 2. The van der Waals surface area contributed by atoms with Crippen molar-refractivity contribution in [3.63, 3.8) is 0 Å². The molecular weight excluding hydrogens is 1360 g/mol. The van der Waals surface area contributed by atoms with Gasteiger partial charge in [-0.3, -0.25) is 33.5 Å². The number of nitrogens with one attached hydrogen (secondary N) is 1. The Balaban J connectivity index is 0.000000218. The summed E-state index contributed by atoms with van der Waals surface area (Å²) in [6, 6.07) is 8.58. The number of ketones is 1. The molecule has 4 bridgehead atoms. The van der Waals surface area contributed by atoms with Gasteiger partial charge in [-0.15, -0.1) is 0 Å². The lowest BCUT2D eigenvalue weighted by Gasteiger charge is -2.36. The van der Waals surface area contributed by atoms with Crippen LogP contribution in [0.25, 0.3) is 22.1 Å². The minimum absolute atomic E-state index is 0.0317. The average molecular weight is 1470 g/mol. The first kappa shape index (κ1) is 77.7. The molecule has 4 aromatic rings. The van der Waals surface area contributed by atoms with E-state index in [0.29, 0.717) is 84.1 Å². The van der Waals surface area contributed by atoms with Crippen LogP contribution in [0.3, 0.4) is 0 Å². The van der Waals surface area contributed by atoms with Crippen LogP contribution >= 0.6 is 0 Å². The van der Waals surface area contributed by atoms with E-state index in [2.05, 4.69) is 4.72 Å². The zero-order valence-electron chi connectivity index (χ0n) is 62.7. The number of hydrogen-bond acceptors (Lipinski definition) is 19. The van der Waals surface area contributed by atoms with E-state index in [0.717, 1.165) is 75.4 Å². The Kier molecular flexibility index (Phi) is 23.0. The molecule has 12 rings (SSSR count). The Bertz CT molecular complexity index is 4010. The monoisotopic (exact) mass is 1470 g/mol. The van der Waals surface area contributed by atoms with E-state index < -0.39 is 133 Å².